The number of carbonyl (C=O) groups is 2. The highest BCUT2D eigenvalue weighted by atomic mass is 35.5. The van der Waals surface area contributed by atoms with E-state index < -0.39 is 23.6 Å². The zero-order valence-electron chi connectivity index (χ0n) is 17.1. The van der Waals surface area contributed by atoms with Crippen LogP contribution in [0.2, 0.25) is 5.02 Å². The van der Waals surface area contributed by atoms with Crippen LogP contribution in [0.4, 0.5) is 18.9 Å². The molecule has 1 aliphatic heterocycles. The fourth-order valence-corrected chi connectivity index (χ4v) is 4.41. The number of anilines is 1. The summed E-state index contributed by atoms with van der Waals surface area (Å²) in [5.74, 6) is -1.28. The molecule has 0 spiro atoms. The second-order valence-electron chi connectivity index (χ2n) is 7.82. The highest BCUT2D eigenvalue weighted by molar-refractivity contribution is 6.34. The Bertz CT molecular complexity index is 1150. The number of dihydropyridines is 1. The van der Waals surface area contributed by atoms with E-state index in [0.717, 1.165) is 35.9 Å². The number of nitrogens with one attached hydrogen (secondary N) is 2. The van der Waals surface area contributed by atoms with Crippen LogP contribution < -0.4 is 10.6 Å². The molecule has 4 nitrogen and oxygen atoms in total. The Morgan fingerprint density at radius 3 is 2.53 bits per heavy atom. The largest absolute Gasteiger partial charge is 0.416 e. The molecular weight excluding hydrogens is 441 g/mol. The van der Waals surface area contributed by atoms with Gasteiger partial charge < -0.3 is 10.6 Å². The van der Waals surface area contributed by atoms with Gasteiger partial charge in [0, 0.05) is 34.9 Å². The number of allylic oxidation sites excluding steroid dienone is 3. The van der Waals surface area contributed by atoms with Crippen molar-refractivity contribution in [2.45, 2.75) is 38.3 Å². The van der Waals surface area contributed by atoms with E-state index in [1.165, 1.54) is 0 Å². The molecule has 32 heavy (non-hydrogen) atoms. The highest BCUT2D eigenvalue weighted by Crippen LogP contribution is 2.43. The van der Waals surface area contributed by atoms with Crippen molar-refractivity contribution in [2.24, 2.45) is 0 Å². The lowest BCUT2D eigenvalue weighted by molar-refractivity contribution is -0.137. The Morgan fingerprint density at radius 1 is 1.12 bits per heavy atom. The molecule has 0 saturated carbocycles. The van der Waals surface area contributed by atoms with Gasteiger partial charge >= 0.3 is 6.18 Å². The lowest BCUT2D eigenvalue weighted by atomic mass is 9.75. The molecule has 0 fully saturated rings. The number of rotatable bonds is 3. The minimum atomic E-state index is -4.58. The molecule has 2 aromatic carbocycles. The molecule has 2 N–H and O–H groups in total. The third-order valence-electron chi connectivity index (χ3n) is 5.70. The molecule has 8 heteroatoms. The Hall–Kier alpha value is -3.06. The van der Waals surface area contributed by atoms with Crippen molar-refractivity contribution in [1.82, 2.24) is 5.32 Å². The van der Waals surface area contributed by atoms with Crippen LogP contribution in [0.15, 0.2) is 71.1 Å². The summed E-state index contributed by atoms with van der Waals surface area (Å²) in [7, 11) is 0. The third kappa shape index (κ3) is 4.17. The quantitative estimate of drug-likeness (QED) is 0.593. The van der Waals surface area contributed by atoms with Crippen molar-refractivity contribution >= 4 is 29.0 Å². The fourth-order valence-electron chi connectivity index (χ4n) is 4.25. The monoisotopic (exact) mass is 460 g/mol. The van der Waals surface area contributed by atoms with Crippen LogP contribution in [0, 0.1) is 0 Å². The van der Waals surface area contributed by atoms with E-state index in [9.17, 15) is 22.8 Å². The summed E-state index contributed by atoms with van der Waals surface area (Å²) in [5.41, 5.74) is 1.85. The number of benzene rings is 2. The first-order valence-corrected chi connectivity index (χ1v) is 10.5. The summed E-state index contributed by atoms with van der Waals surface area (Å²) in [5, 5.41) is 5.69. The molecule has 1 aliphatic carbocycles. The molecule has 0 bridgehead atoms. The number of hydrogen-bond donors (Lipinski definition) is 2. The van der Waals surface area contributed by atoms with E-state index in [2.05, 4.69) is 10.6 Å². The van der Waals surface area contributed by atoms with Crippen molar-refractivity contribution in [3.05, 3.63) is 87.2 Å². The Balaban J connectivity index is 1.76. The zero-order chi connectivity index (χ0) is 23.0. The van der Waals surface area contributed by atoms with Crippen molar-refractivity contribution in [3.8, 4) is 0 Å². The van der Waals surface area contributed by atoms with Gasteiger partial charge in [0.1, 0.15) is 0 Å². The summed E-state index contributed by atoms with van der Waals surface area (Å²) in [6, 6.07) is 11.9. The number of halogens is 4. The SMILES string of the molecule is CC1=C(C(=O)Nc2cc(C(F)(F)F)ccc2Cl)[C@@H](c2ccccc2)C2=C(CCCC2=O)N1. The van der Waals surface area contributed by atoms with Crippen molar-refractivity contribution in [3.63, 3.8) is 0 Å². The van der Waals surface area contributed by atoms with Gasteiger partial charge in [-0.25, -0.2) is 0 Å². The molecule has 1 atom stereocenters. The Morgan fingerprint density at radius 2 is 1.84 bits per heavy atom. The second kappa shape index (κ2) is 8.47. The molecule has 1 amide bonds. The van der Waals surface area contributed by atoms with Gasteiger partial charge in [0.25, 0.3) is 5.91 Å². The minimum Gasteiger partial charge on any atom is -0.362 e. The fraction of sp³-hybridized carbons (Fsp3) is 0.250. The molecule has 2 aliphatic rings. The number of amides is 1. The first kappa shape index (κ1) is 22.1. The molecule has 2 aromatic rings. The van der Waals surface area contributed by atoms with Gasteiger partial charge in [0.15, 0.2) is 5.78 Å². The van der Waals surface area contributed by atoms with Crippen LogP contribution in [-0.4, -0.2) is 11.7 Å². The Kier molecular flexibility index (Phi) is 5.86. The molecule has 0 unspecified atom stereocenters. The average Bonchev–Trinajstić information content (AvgIpc) is 2.74. The number of alkyl halides is 3. The van der Waals surface area contributed by atoms with Crippen LogP contribution in [0.3, 0.4) is 0 Å². The van der Waals surface area contributed by atoms with Gasteiger partial charge in [0.2, 0.25) is 0 Å². The molecule has 0 aromatic heterocycles. The molecular formula is C24H20ClF3N2O2. The minimum absolute atomic E-state index is 0.0155. The number of carbonyl (C=O) groups excluding carboxylic acids is 2. The van der Waals surface area contributed by atoms with Crippen LogP contribution in [-0.2, 0) is 15.8 Å². The highest BCUT2D eigenvalue weighted by Gasteiger charge is 2.38. The van der Waals surface area contributed by atoms with E-state index in [-0.39, 0.29) is 22.1 Å². The van der Waals surface area contributed by atoms with E-state index >= 15 is 0 Å². The Labute approximate surface area is 188 Å². The van der Waals surface area contributed by atoms with E-state index in [0.29, 0.717) is 24.1 Å². The maximum atomic E-state index is 13.4. The summed E-state index contributed by atoms with van der Waals surface area (Å²) in [6.45, 7) is 1.72. The van der Waals surface area contributed by atoms with E-state index in [1.54, 1.807) is 6.92 Å². The average molecular weight is 461 g/mol. The number of ketones is 1. The molecule has 0 saturated heterocycles. The summed E-state index contributed by atoms with van der Waals surface area (Å²) < 4.78 is 39.4. The van der Waals surface area contributed by atoms with Crippen molar-refractivity contribution in [1.29, 1.82) is 0 Å². The smallest absolute Gasteiger partial charge is 0.362 e. The molecule has 166 valence electrons. The van der Waals surface area contributed by atoms with Crippen LogP contribution in [0.5, 0.6) is 0 Å². The van der Waals surface area contributed by atoms with Crippen molar-refractivity contribution in [2.75, 3.05) is 5.32 Å². The van der Waals surface area contributed by atoms with Gasteiger partial charge in [-0.1, -0.05) is 41.9 Å². The maximum Gasteiger partial charge on any atom is 0.416 e. The third-order valence-corrected chi connectivity index (χ3v) is 6.02. The van der Waals surface area contributed by atoms with Crippen LogP contribution >= 0.6 is 11.6 Å². The van der Waals surface area contributed by atoms with Gasteiger partial charge in [-0.15, -0.1) is 0 Å². The zero-order valence-corrected chi connectivity index (χ0v) is 17.9. The normalized spacial score (nSPS) is 18.9. The topological polar surface area (TPSA) is 58.2 Å². The summed E-state index contributed by atoms with van der Waals surface area (Å²) >= 11 is 6.08. The lowest BCUT2D eigenvalue weighted by Crippen LogP contribution is -2.35. The van der Waals surface area contributed by atoms with Crippen LogP contribution in [0.1, 0.15) is 43.2 Å². The first-order chi connectivity index (χ1) is 15.2. The lowest BCUT2D eigenvalue weighted by Gasteiger charge is -2.34. The number of Topliss-reactive ketones (excluding diaryl/α,β-unsaturated/α-hetero) is 1. The van der Waals surface area contributed by atoms with Gasteiger partial charge in [0.05, 0.1) is 16.3 Å². The van der Waals surface area contributed by atoms with E-state index in [4.69, 9.17) is 11.6 Å². The first-order valence-electron chi connectivity index (χ1n) is 10.1. The van der Waals surface area contributed by atoms with Gasteiger partial charge in [-0.3, -0.25) is 9.59 Å². The van der Waals surface area contributed by atoms with Gasteiger partial charge in [-0.05, 0) is 43.5 Å². The molecule has 0 radical (unpaired) electrons. The van der Waals surface area contributed by atoms with Crippen LogP contribution in [0.25, 0.3) is 0 Å². The maximum absolute atomic E-state index is 13.4. The van der Waals surface area contributed by atoms with E-state index in [1.807, 2.05) is 30.3 Å². The standard InChI is InChI=1S/C24H20ClF3N2O2/c1-13-20(23(32)30-18-12-15(24(26,27)28)10-11-16(18)25)21(14-6-3-2-4-7-14)22-17(29-13)8-5-9-19(22)31/h2-4,6-7,10-12,21,29H,5,8-9H2,1H3,(H,30,32)/t21-/m1/s1. The van der Waals surface area contributed by atoms with Gasteiger partial charge in [-0.2, -0.15) is 13.2 Å². The number of hydrogen-bond acceptors (Lipinski definition) is 3. The summed E-state index contributed by atoms with van der Waals surface area (Å²) in [4.78, 5) is 26.2. The predicted octanol–water partition coefficient (Wildman–Crippen LogP) is 5.97. The van der Waals surface area contributed by atoms with Crippen molar-refractivity contribution < 1.29 is 22.8 Å². The second-order valence-corrected chi connectivity index (χ2v) is 8.23. The summed E-state index contributed by atoms with van der Waals surface area (Å²) in [6.07, 6.45) is -2.78. The molecule has 1 heterocycles. The molecule has 4 rings (SSSR count). The predicted molar refractivity (Wildman–Crippen MR) is 116 cm³/mol.